The topological polar surface area (TPSA) is 96.0 Å². The molecule has 4 atom stereocenters. The van der Waals surface area contributed by atoms with Gasteiger partial charge < -0.3 is 19.4 Å². The van der Waals surface area contributed by atoms with Crippen LogP contribution in [0.4, 0.5) is 8.78 Å². The lowest BCUT2D eigenvalue weighted by Gasteiger charge is -2.45. The van der Waals surface area contributed by atoms with Crippen molar-refractivity contribution < 1.29 is 18.3 Å². The molecular weight excluding hydrogens is 574 g/mol. The third kappa shape index (κ3) is 5.80. The number of halogens is 2. The van der Waals surface area contributed by atoms with Crippen molar-refractivity contribution in [3.05, 3.63) is 76.5 Å². The Hall–Kier alpha value is -4.28. The summed E-state index contributed by atoms with van der Waals surface area (Å²) >= 11 is 0. The molecule has 2 saturated heterocycles. The Bertz CT molecular complexity index is 1600. The summed E-state index contributed by atoms with van der Waals surface area (Å²) in [6.45, 7) is 4.99. The lowest BCUT2D eigenvalue weighted by Crippen LogP contribution is -2.56. The quantitative estimate of drug-likeness (QED) is 0.419. The molecule has 3 aliphatic heterocycles. The third-order valence-electron chi connectivity index (χ3n) is 9.89. The van der Waals surface area contributed by atoms with Crippen molar-refractivity contribution in [2.45, 2.75) is 63.1 Å². The van der Waals surface area contributed by atoms with Crippen molar-refractivity contribution in [3.8, 4) is 12.1 Å². The molecule has 0 radical (unpaired) electrons. The van der Waals surface area contributed by atoms with Gasteiger partial charge in [-0.2, -0.15) is 10.5 Å². The highest BCUT2D eigenvalue weighted by molar-refractivity contribution is 6.00. The number of rotatable bonds is 6. The zero-order valence-corrected chi connectivity index (χ0v) is 25.6. The van der Waals surface area contributed by atoms with Gasteiger partial charge in [-0.15, -0.1) is 0 Å². The summed E-state index contributed by atoms with van der Waals surface area (Å²) in [6, 6.07) is 9.06. The lowest BCUT2D eigenvalue weighted by molar-refractivity contribution is -0.133. The van der Waals surface area contributed by atoms with E-state index in [0.717, 1.165) is 50.6 Å². The Morgan fingerprint density at radius 2 is 1.98 bits per heavy atom. The van der Waals surface area contributed by atoms with Crippen LogP contribution in [0.2, 0.25) is 0 Å². The summed E-state index contributed by atoms with van der Waals surface area (Å²) < 4.78 is 37.0. The van der Waals surface area contributed by atoms with Gasteiger partial charge in [0.15, 0.2) is 5.83 Å². The van der Waals surface area contributed by atoms with Crippen LogP contribution in [-0.4, -0.2) is 84.5 Å². The smallest absolute Gasteiger partial charge is 0.282 e. The summed E-state index contributed by atoms with van der Waals surface area (Å²) in [5.41, 5.74) is 4.61. The number of benzene rings is 1. The van der Waals surface area contributed by atoms with Crippen molar-refractivity contribution in [1.82, 2.24) is 14.7 Å². The van der Waals surface area contributed by atoms with Crippen molar-refractivity contribution in [3.63, 3.8) is 0 Å². The lowest BCUT2D eigenvalue weighted by atomic mass is 9.79. The third-order valence-corrected chi connectivity index (χ3v) is 9.89. The number of likely N-dealkylation sites (N-methyl/N-ethyl adjacent to an activating group) is 1. The fourth-order valence-corrected chi connectivity index (χ4v) is 7.52. The average Bonchev–Trinajstić information content (AvgIpc) is 3.47. The summed E-state index contributed by atoms with van der Waals surface area (Å²) in [6.07, 6.45) is 9.77. The Morgan fingerprint density at radius 3 is 2.71 bits per heavy atom. The van der Waals surface area contributed by atoms with Gasteiger partial charge in [0.1, 0.15) is 30.1 Å². The maximum Gasteiger partial charge on any atom is 0.282 e. The number of nitriles is 2. The predicted molar refractivity (Wildman–Crippen MR) is 167 cm³/mol. The van der Waals surface area contributed by atoms with E-state index in [4.69, 9.17) is 9.73 Å². The largest absolute Gasteiger partial charge is 0.475 e. The van der Waals surface area contributed by atoms with E-state index in [1.807, 2.05) is 36.2 Å². The number of hydrogen-bond donors (Lipinski definition) is 0. The minimum Gasteiger partial charge on any atom is -0.475 e. The van der Waals surface area contributed by atoms with Crippen LogP contribution < -0.4 is 0 Å². The molecule has 234 valence electrons. The molecule has 0 bridgehead atoms. The zero-order valence-electron chi connectivity index (χ0n) is 25.6. The van der Waals surface area contributed by atoms with Crippen LogP contribution in [-0.2, 0) is 22.4 Å². The molecule has 0 N–H and O–H groups in total. The SMILES string of the molecule is C=C(F)C(=O)N1CCN(C2=C(C#N)C(OC[C@@H]3CCCN3C)=NC3C(F)=C(c4cccc5c4CCCC5)C=CC23)C[C@@H]1CC#N. The Balaban J connectivity index is 1.39. The molecule has 10 heteroatoms. The highest BCUT2D eigenvalue weighted by Gasteiger charge is 2.43. The van der Waals surface area contributed by atoms with Gasteiger partial charge in [-0.3, -0.25) is 4.79 Å². The minimum absolute atomic E-state index is 0.0301. The average molecular weight is 613 g/mol. The van der Waals surface area contributed by atoms with Gasteiger partial charge in [-0.25, -0.2) is 13.8 Å². The van der Waals surface area contributed by atoms with E-state index in [-0.39, 0.29) is 49.4 Å². The van der Waals surface area contributed by atoms with E-state index in [2.05, 4.69) is 29.7 Å². The van der Waals surface area contributed by atoms with Gasteiger partial charge in [0.25, 0.3) is 5.91 Å². The maximum absolute atomic E-state index is 16.8. The molecule has 0 aromatic heterocycles. The molecular formula is C35H38F2N6O2. The number of aryl methyl sites for hydroxylation is 1. The second kappa shape index (κ2) is 13.0. The number of nitrogens with zero attached hydrogens (tertiary/aromatic N) is 6. The zero-order chi connectivity index (χ0) is 31.7. The van der Waals surface area contributed by atoms with E-state index >= 15 is 4.39 Å². The number of piperazine rings is 1. The summed E-state index contributed by atoms with van der Waals surface area (Å²) in [7, 11) is 2.04. The van der Waals surface area contributed by atoms with E-state index in [9.17, 15) is 19.7 Å². The van der Waals surface area contributed by atoms with Gasteiger partial charge >= 0.3 is 0 Å². The first-order chi connectivity index (χ1) is 21.8. The van der Waals surface area contributed by atoms with Crippen molar-refractivity contribution in [1.29, 1.82) is 10.5 Å². The molecule has 1 aromatic carbocycles. The number of aliphatic imine (C=N–C) groups is 1. The van der Waals surface area contributed by atoms with E-state index in [0.29, 0.717) is 17.9 Å². The number of fused-ring (bicyclic) bond motifs is 2. The molecule has 6 rings (SSSR count). The number of carbonyl (C=O) groups is 1. The molecule has 0 spiro atoms. The molecule has 0 saturated carbocycles. The molecule has 2 aliphatic carbocycles. The van der Waals surface area contributed by atoms with E-state index in [1.54, 1.807) is 0 Å². The first-order valence-electron chi connectivity index (χ1n) is 15.8. The maximum atomic E-state index is 16.8. The Labute approximate surface area is 263 Å². The molecule has 2 fully saturated rings. The van der Waals surface area contributed by atoms with E-state index < -0.39 is 29.7 Å². The van der Waals surface area contributed by atoms with Crippen LogP contribution in [0, 0.1) is 28.6 Å². The van der Waals surface area contributed by atoms with Crippen molar-refractivity contribution >= 4 is 17.4 Å². The number of dihydropyridines is 1. The number of carbonyl (C=O) groups excluding carboxylic acids is 1. The number of allylic oxidation sites excluding steroid dienone is 2. The second-order valence-corrected chi connectivity index (χ2v) is 12.5. The Morgan fingerprint density at radius 1 is 1.16 bits per heavy atom. The fourth-order valence-electron chi connectivity index (χ4n) is 7.52. The number of likely N-dealkylation sites (tertiary alicyclic amines) is 1. The standard InChI is InChI=1S/C35H38F2N6O2/c1-22(36)35(44)43-18-17-42(20-24(43)14-15-38)33-29-13-12-28(27-11-5-8-23-7-3-4-10-26(23)27)31(37)32(29)40-34(30(33)19-39)45-21-25-9-6-16-41(25)2/h5,8,11-13,24-25,29,32H,1,3-4,6-7,9-10,14,16-18,20-21H2,2H3/t24-,25-,29?,32?/m0/s1. The van der Waals surface area contributed by atoms with Gasteiger partial charge in [0.2, 0.25) is 5.90 Å². The van der Waals surface area contributed by atoms with Crippen LogP contribution in [0.15, 0.2) is 64.8 Å². The van der Waals surface area contributed by atoms with Crippen LogP contribution in [0.5, 0.6) is 0 Å². The molecule has 1 aromatic rings. The van der Waals surface area contributed by atoms with Gasteiger partial charge in [0.05, 0.1) is 18.5 Å². The second-order valence-electron chi connectivity index (χ2n) is 12.5. The molecule has 5 aliphatic rings. The van der Waals surface area contributed by atoms with Gasteiger partial charge in [-0.05, 0) is 68.8 Å². The molecule has 3 heterocycles. The fraction of sp³-hybridized carbons (Fsp3) is 0.486. The van der Waals surface area contributed by atoms with Crippen LogP contribution >= 0.6 is 0 Å². The first-order valence-corrected chi connectivity index (χ1v) is 15.8. The van der Waals surface area contributed by atoms with Crippen molar-refractivity contribution in [2.75, 3.05) is 39.8 Å². The summed E-state index contributed by atoms with van der Waals surface area (Å²) in [4.78, 5) is 22.8. The normalized spacial score (nSPS) is 26.6. The Kier molecular flexibility index (Phi) is 8.87. The van der Waals surface area contributed by atoms with Gasteiger partial charge in [-0.1, -0.05) is 36.9 Å². The number of amides is 1. The molecule has 2 unspecified atom stereocenters. The monoisotopic (exact) mass is 612 g/mol. The highest BCUT2D eigenvalue weighted by atomic mass is 19.1. The summed E-state index contributed by atoms with van der Waals surface area (Å²) in [5.74, 6) is -2.78. The first kappa shape index (κ1) is 30.7. The number of ether oxygens (including phenoxy) is 1. The molecule has 45 heavy (non-hydrogen) atoms. The highest BCUT2D eigenvalue weighted by Crippen LogP contribution is 2.43. The molecule has 1 amide bonds. The summed E-state index contributed by atoms with van der Waals surface area (Å²) in [5, 5.41) is 20.0. The van der Waals surface area contributed by atoms with Crippen LogP contribution in [0.3, 0.4) is 0 Å². The van der Waals surface area contributed by atoms with Gasteiger partial charge in [0, 0.05) is 42.9 Å². The predicted octanol–water partition coefficient (Wildman–Crippen LogP) is 5.01. The van der Waals surface area contributed by atoms with Crippen LogP contribution in [0.1, 0.15) is 48.8 Å². The van der Waals surface area contributed by atoms with Crippen LogP contribution in [0.25, 0.3) is 5.57 Å². The minimum atomic E-state index is -1.08. The van der Waals surface area contributed by atoms with E-state index in [1.165, 1.54) is 16.0 Å². The van der Waals surface area contributed by atoms with Crippen molar-refractivity contribution in [2.24, 2.45) is 10.9 Å². The number of hydrogen-bond acceptors (Lipinski definition) is 7. The molecule has 8 nitrogen and oxygen atoms in total.